The fourth-order valence-electron chi connectivity index (χ4n) is 2.30. The number of aromatic nitrogens is 2. The molecule has 7 nitrogen and oxygen atoms in total. The number of methoxy groups -OCH3 is 1. The lowest BCUT2D eigenvalue weighted by molar-refractivity contribution is -0.705. The van der Waals surface area contributed by atoms with Crippen LogP contribution in [-0.2, 0) is 4.79 Å². The smallest absolute Gasteiger partial charge is 0.298 e. The van der Waals surface area contributed by atoms with Crippen LogP contribution in [0.1, 0.15) is 5.56 Å². The zero-order valence-electron chi connectivity index (χ0n) is 14.6. The zero-order chi connectivity index (χ0) is 19.4. The molecule has 0 radical (unpaired) electrons. The molecule has 1 heterocycles. The molecule has 0 aliphatic rings. The number of aryl methyl sites for hydroxylation is 1. The number of hydrogen-bond donors (Lipinski definition) is 1. The SMILES string of the molecule is COc1ccc(-[n+]2noc([O-])c2SCC(=O)Nc2cc(Cl)ccc2C)cc1. The Morgan fingerprint density at radius 2 is 2.07 bits per heavy atom. The third-order valence-electron chi connectivity index (χ3n) is 3.70. The Kier molecular flexibility index (Phi) is 5.88. The molecule has 27 heavy (non-hydrogen) atoms. The molecule has 0 atom stereocenters. The average Bonchev–Trinajstić information content (AvgIpc) is 3.03. The minimum atomic E-state index is -0.609. The van der Waals surface area contributed by atoms with Crippen LogP contribution in [0.15, 0.2) is 52.0 Å². The van der Waals surface area contributed by atoms with Crippen molar-refractivity contribution in [2.45, 2.75) is 11.9 Å². The molecule has 1 amide bonds. The van der Waals surface area contributed by atoms with Gasteiger partial charge in [-0.2, -0.15) is 0 Å². The molecule has 1 N–H and O–H groups in total. The van der Waals surface area contributed by atoms with E-state index >= 15 is 0 Å². The lowest BCUT2D eigenvalue weighted by Crippen LogP contribution is -2.35. The third-order valence-corrected chi connectivity index (χ3v) is 4.96. The maximum atomic E-state index is 12.3. The second kappa shape index (κ2) is 8.32. The summed E-state index contributed by atoms with van der Waals surface area (Å²) in [4.78, 5) is 12.3. The summed E-state index contributed by atoms with van der Waals surface area (Å²) in [5.41, 5.74) is 2.14. The number of nitrogens with zero attached hydrogens (tertiary/aromatic N) is 2. The van der Waals surface area contributed by atoms with Crippen LogP contribution < -0.4 is 19.8 Å². The molecule has 140 valence electrons. The van der Waals surface area contributed by atoms with E-state index in [9.17, 15) is 9.90 Å². The van der Waals surface area contributed by atoms with Gasteiger partial charge in [0.1, 0.15) is 5.75 Å². The molecule has 0 saturated carbocycles. The average molecular weight is 406 g/mol. The van der Waals surface area contributed by atoms with E-state index in [-0.39, 0.29) is 16.7 Å². The van der Waals surface area contributed by atoms with E-state index < -0.39 is 5.95 Å². The largest absolute Gasteiger partial charge is 0.538 e. The quantitative estimate of drug-likeness (QED) is 0.501. The zero-order valence-corrected chi connectivity index (χ0v) is 16.1. The van der Waals surface area contributed by atoms with Gasteiger partial charge in [0.2, 0.25) is 11.6 Å². The molecule has 3 aromatic rings. The van der Waals surface area contributed by atoms with Gasteiger partial charge >= 0.3 is 0 Å². The van der Waals surface area contributed by atoms with Crippen LogP contribution >= 0.6 is 23.4 Å². The number of rotatable bonds is 6. The summed E-state index contributed by atoms with van der Waals surface area (Å²) in [6.07, 6.45) is 0. The number of carbonyl (C=O) groups is 1. The van der Waals surface area contributed by atoms with Crippen molar-refractivity contribution < 1.29 is 23.8 Å². The second-order valence-corrected chi connectivity index (χ2v) is 6.97. The number of anilines is 1. The van der Waals surface area contributed by atoms with Gasteiger partial charge in [-0.1, -0.05) is 17.7 Å². The van der Waals surface area contributed by atoms with Gasteiger partial charge in [0.25, 0.3) is 5.03 Å². The number of amides is 1. The number of thioether (sulfide) groups is 1. The van der Waals surface area contributed by atoms with Gasteiger partial charge in [0, 0.05) is 22.8 Å². The van der Waals surface area contributed by atoms with Crippen LogP contribution in [-0.4, -0.2) is 24.0 Å². The lowest BCUT2D eigenvalue weighted by Gasteiger charge is -2.08. The van der Waals surface area contributed by atoms with Crippen LogP contribution in [0, 0.1) is 6.92 Å². The Bertz CT molecular complexity index is 960. The summed E-state index contributed by atoms with van der Waals surface area (Å²) >= 11 is 7.00. The minimum absolute atomic E-state index is 0.0125. The lowest BCUT2D eigenvalue weighted by atomic mass is 10.2. The van der Waals surface area contributed by atoms with E-state index in [1.54, 1.807) is 43.5 Å². The topological polar surface area (TPSA) is 91.3 Å². The molecule has 0 fully saturated rings. The number of nitrogens with one attached hydrogen (secondary N) is 1. The Labute approximate surface area is 164 Å². The number of hydrogen-bond acceptors (Lipinski definition) is 6. The highest BCUT2D eigenvalue weighted by molar-refractivity contribution is 7.99. The first-order valence-corrected chi connectivity index (χ1v) is 9.26. The summed E-state index contributed by atoms with van der Waals surface area (Å²) in [6.45, 7) is 1.87. The van der Waals surface area contributed by atoms with E-state index in [0.29, 0.717) is 22.1 Å². The molecular formula is C18H16ClN3O4S. The fraction of sp³-hybridized carbons (Fsp3) is 0.167. The standard InChI is InChI=1S/C18H16ClN3O4S/c1-11-3-4-12(19)9-15(11)20-16(23)10-27-17-18(24)26-21-22(17)13-5-7-14(25-2)8-6-13/h3-9H,10H2,1-2H3,(H-,20,21,23,24). The molecule has 0 unspecified atom stereocenters. The first-order chi connectivity index (χ1) is 13.0. The van der Waals surface area contributed by atoms with Gasteiger partial charge in [0.05, 0.1) is 18.1 Å². The van der Waals surface area contributed by atoms with E-state index in [4.69, 9.17) is 20.9 Å². The van der Waals surface area contributed by atoms with Crippen LogP contribution in [0.5, 0.6) is 11.7 Å². The first-order valence-electron chi connectivity index (χ1n) is 7.90. The van der Waals surface area contributed by atoms with Crippen molar-refractivity contribution in [1.29, 1.82) is 0 Å². The third kappa shape index (κ3) is 4.53. The first kappa shape index (κ1) is 19.1. The normalized spacial score (nSPS) is 10.6. The summed E-state index contributed by atoms with van der Waals surface area (Å²) in [7, 11) is 1.57. The van der Waals surface area contributed by atoms with E-state index in [1.807, 2.05) is 13.0 Å². The fourth-order valence-corrected chi connectivity index (χ4v) is 3.23. The minimum Gasteiger partial charge on any atom is -0.538 e. The number of halogens is 1. The van der Waals surface area contributed by atoms with E-state index in [2.05, 4.69) is 10.6 Å². The molecule has 0 bridgehead atoms. The summed E-state index contributed by atoms with van der Waals surface area (Å²) in [5.74, 6) is -0.191. The highest BCUT2D eigenvalue weighted by Crippen LogP contribution is 2.25. The van der Waals surface area contributed by atoms with Gasteiger partial charge in [0.15, 0.2) is 5.95 Å². The molecule has 0 aliphatic carbocycles. The predicted molar refractivity (Wildman–Crippen MR) is 99.6 cm³/mol. The summed E-state index contributed by atoms with van der Waals surface area (Å²) < 4.78 is 11.2. The molecule has 2 aromatic carbocycles. The highest BCUT2D eigenvalue weighted by Gasteiger charge is 2.22. The molecule has 1 aromatic heterocycles. The van der Waals surface area contributed by atoms with Crippen LogP contribution in [0.2, 0.25) is 5.02 Å². The summed E-state index contributed by atoms with van der Waals surface area (Å²) in [6, 6.07) is 12.2. The van der Waals surface area contributed by atoms with Crippen molar-refractivity contribution in [1.82, 2.24) is 5.27 Å². The molecule has 3 rings (SSSR count). The Morgan fingerprint density at radius 3 is 2.78 bits per heavy atom. The maximum Gasteiger partial charge on any atom is 0.298 e. The molecule has 0 spiro atoms. The predicted octanol–water partition coefficient (Wildman–Crippen LogP) is 2.73. The van der Waals surface area contributed by atoms with Crippen molar-refractivity contribution in [3.63, 3.8) is 0 Å². The monoisotopic (exact) mass is 405 g/mol. The number of benzene rings is 2. The molecule has 0 aliphatic heterocycles. The van der Waals surface area contributed by atoms with Crippen LogP contribution in [0.3, 0.4) is 0 Å². The molecule has 9 heteroatoms. The highest BCUT2D eigenvalue weighted by atomic mass is 35.5. The Balaban J connectivity index is 1.71. The van der Waals surface area contributed by atoms with Gasteiger partial charge in [-0.05, 0) is 53.2 Å². The van der Waals surface area contributed by atoms with E-state index in [1.165, 1.54) is 4.68 Å². The van der Waals surface area contributed by atoms with Gasteiger partial charge in [-0.15, -0.1) is 0 Å². The van der Waals surface area contributed by atoms with E-state index in [0.717, 1.165) is 17.3 Å². The number of ether oxygens (including phenoxy) is 1. The van der Waals surface area contributed by atoms with Crippen molar-refractivity contribution >= 4 is 35.0 Å². The maximum absolute atomic E-state index is 12.3. The van der Waals surface area contributed by atoms with Gasteiger partial charge in [-0.25, -0.2) is 0 Å². The van der Waals surface area contributed by atoms with Crippen molar-refractivity contribution in [2.75, 3.05) is 18.2 Å². The number of carbonyl (C=O) groups excluding carboxylic acids is 1. The van der Waals surface area contributed by atoms with Crippen LogP contribution in [0.4, 0.5) is 5.69 Å². The van der Waals surface area contributed by atoms with Gasteiger partial charge < -0.3 is 19.7 Å². The summed E-state index contributed by atoms with van der Waals surface area (Å²) in [5, 5.41) is 19.2. The second-order valence-electron chi connectivity index (χ2n) is 5.57. The molecule has 0 saturated heterocycles. The van der Waals surface area contributed by atoms with Crippen molar-refractivity contribution in [3.05, 3.63) is 53.1 Å². The Morgan fingerprint density at radius 1 is 1.33 bits per heavy atom. The van der Waals surface area contributed by atoms with Crippen LogP contribution in [0.25, 0.3) is 5.69 Å². The van der Waals surface area contributed by atoms with Gasteiger partial charge in [-0.3, -0.25) is 4.79 Å². The van der Waals surface area contributed by atoms with Crippen molar-refractivity contribution in [2.24, 2.45) is 0 Å². The van der Waals surface area contributed by atoms with Crippen molar-refractivity contribution in [3.8, 4) is 17.4 Å². The Hall–Kier alpha value is -2.71. The molecular weight excluding hydrogens is 390 g/mol.